The third-order valence-corrected chi connectivity index (χ3v) is 10.7. The van der Waals surface area contributed by atoms with Crippen LogP contribution in [0.25, 0.3) is 34.1 Å². The summed E-state index contributed by atoms with van der Waals surface area (Å²) in [6.07, 6.45) is 0.678. The van der Waals surface area contributed by atoms with Crippen LogP contribution in [0, 0.1) is 13.8 Å². The van der Waals surface area contributed by atoms with Crippen molar-refractivity contribution in [3.8, 4) is 34.4 Å². The Morgan fingerprint density at radius 2 is 1.19 bits per heavy atom. The molecule has 8 rings (SSSR count). The Balaban J connectivity index is 0.000000193. The number of hydrogen-bond donors (Lipinski definition) is 2. The summed E-state index contributed by atoms with van der Waals surface area (Å²) in [5, 5.41) is 12.8. The summed E-state index contributed by atoms with van der Waals surface area (Å²) in [6, 6.07) is 34.6. The number of hydrogen-bond acceptors (Lipinski definition) is 12. The number of methoxy groups -OCH3 is 1. The maximum atomic E-state index is 12.1. The predicted molar refractivity (Wildman–Crippen MR) is 240 cm³/mol. The van der Waals surface area contributed by atoms with E-state index in [1.165, 1.54) is 12.0 Å². The summed E-state index contributed by atoms with van der Waals surface area (Å²) in [6.45, 7) is 7.92. The highest BCUT2D eigenvalue weighted by Crippen LogP contribution is 2.31. The topological polar surface area (TPSA) is 176 Å². The number of carbonyl (C=O) groups excluding carboxylic acids is 2. The third kappa shape index (κ3) is 10.9. The minimum atomic E-state index is -1.05. The van der Waals surface area contributed by atoms with Crippen LogP contribution in [0.3, 0.4) is 0 Å². The van der Waals surface area contributed by atoms with Crippen molar-refractivity contribution in [3.63, 3.8) is 0 Å². The minimum Gasteiger partial charge on any atom is -0.493 e. The molecule has 14 nitrogen and oxygen atoms in total. The molecule has 2 aliphatic rings. The zero-order valence-electron chi connectivity index (χ0n) is 36.2. The standard InChI is InChI=1S/C26H26N2O6.C24H24N2O4/c1-3-32-26(31)28-15-21(22(16-28)25(29)30)19-10-7-11-20(14-19)33-13-12-23-17(2)34-24(27-23)18-8-5-4-6-9-18;1-16-22(26-23(30-16)17-7-4-3-5-8-17)11-12-29-19-10-6-9-18(13-19)20-14-25-15-21(20)24(27)28-2/h4-11,14H,3,12-13,15-16H2,1-2H3,(H,29,30);3-10,13,25H,11-12,14-15H2,1-2H3. The van der Waals surface area contributed by atoms with Crippen molar-refractivity contribution < 1.29 is 47.3 Å². The molecule has 0 atom stereocenters. The van der Waals surface area contributed by atoms with Crippen molar-refractivity contribution in [2.24, 2.45) is 0 Å². The van der Waals surface area contributed by atoms with E-state index >= 15 is 0 Å². The second kappa shape index (κ2) is 21.1. The molecule has 4 aromatic carbocycles. The Bertz CT molecular complexity index is 2650. The number of amides is 1. The Labute approximate surface area is 371 Å². The van der Waals surface area contributed by atoms with E-state index in [1.54, 1.807) is 19.1 Å². The number of nitrogens with one attached hydrogen (secondary N) is 1. The Kier molecular flexibility index (Phi) is 14.7. The number of carbonyl (C=O) groups is 3. The first-order chi connectivity index (χ1) is 31.1. The van der Waals surface area contributed by atoms with Gasteiger partial charge >= 0.3 is 18.0 Å². The van der Waals surface area contributed by atoms with E-state index < -0.39 is 12.1 Å². The molecule has 4 heterocycles. The molecule has 0 fully saturated rings. The number of aliphatic carboxylic acids is 1. The lowest BCUT2D eigenvalue weighted by Crippen LogP contribution is -2.30. The number of ether oxygens (including phenoxy) is 4. The zero-order valence-corrected chi connectivity index (χ0v) is 36.2. The molecule has 2 N–H and O–H groups in total. The quantitative estimate of drug-likeness (QED) is 0.0943. The number of oxazole rings is 2. The van der Waals surface area contributed by atoms with Crippen LogP contribution < -0.4 is 14.8 Å². The molecule has 0 unspecified atom stereocenters. The highest BCUT2D eigenvalue weighted by atomic mass is 16.6. The van der Waals surface area contributed by atoms with E-state index in [-0.39, 0.29) is 31.2 Å². The van der Waals surface area contributed by atoms with Crippen molar-refractivity contribution >= 4 is 29.2 Å². The van der Waals surface area contributed by atoms with E-state index in [1.807, 2.05) is 111 Å². The van der Waals surface area contributed by atoms with E-state index in [4.69, 9.17) is 27.8 Å². The molecule has 0 spiro atoms. The van der Waals surface area contributed by atoms with Gasteiger partial charge in [-0.15, -0.1) is 0 Å². The fourth-order valence-corrected chi connectivity index (χ4v) is 7.36. The van der Waals surface area contributed by atoms with Crippen LogP contribution in [0.15, 0.2) is 129 Å². The van der Waals surface area contributed by atoms with Gasteiger partial charge in [0, 0.05) is 37.1 Å². The number of esters is 1. The van der Waals surface area contributed by atoms with Crippen LogP contribution in [-0.4, -0.2) is 91.1 Å². The number of carboxylic acids is 1. The van der Waals surface area contributed by atoms with E-state index in [0.29, 0.717) is 73.4 Å². The average Bonchev–Trinajstić information content (AvgIpc) is 4.14. The fourth-order valence-electron chi connectivity index (χ4n) is 7.36. The molecule has 14 heteroatoms. The summed E-state index contributed by atoms with van der Waals surface area (Å²) in [5.41, 5.74) is 7.62. The van der Waals surface area contributed by atoms with Crippen LogP contribution in [0.4, 0.5) is 4.79 Å². The summed E-state index contributed by atoms with van der Waals surface area (Å²) >= 11 is 0. The van der Waals surface area contributed by atoms with E-state index in [2.05, 4.69) is 15.3 Å². The van der Waals surface area contributed by atoms with Gasteiger partial charge in [0.2, 0.25) is 11.8 Å². The molecule has 6 aromatic rings. The molecule has 0 aliphatic carbocycles. The molecule has 0 saturated carbocycles. The summed E-state index contributed by atoms with van der Waals surface area (Å²) in [4.78, 5) is 46.4. The predicted octanol–water partition coefficient (Wildman–Crippen LogP) is 8.38. The van der Waals surface area contributed by atoms with Gasteiger partial charge in [-0.25, -0.2) is 24.4 Å². The molecular formula is C50H50N4O10. The lowest BCUT2D eigenvalue weighted by Gasteiger charge is -2.15. The highest BCUT2D eigenvalue weighted by Gasteiger charge is 2.31. The second-order valence-corrected chi connectivity index (χ2v) is 14.9. The van der Waals surface area contributed by atoms with Gasteiger partial charge < -0.3 is 38.2 Å². The van der Waals surface area contributed by atoms with Gasteiger partial charge in [-0.2, -0.15) is 0 Å². The maximum Gasteiger partial charge on any atom is 0.410 e. The Morgan fingerprint density at radius 1 is 0.672 bits per heavy atom. The average molecular weight is 867 g/mol. The van der Waals surface area contributed by atoms with Crippen LogP contribution in [0.1, 0.15) is 41.0 Å². The number of aryl methyl sites for hydroxylation is 2. The number of benzene rings is 4. The molecule has 64 heavy (non-hydrogen) atoms. The SMILES string of the molecule is CCOC(=O)N1CC(C(=O)O)=C(c2cccc(OCCc3nc(-c4ccccc4)oc3C)c2)C1.COC(=O)C1=C(c2cccc(OCCc3nc(-c4ccccc4)oc3C)c2)CNC1. The first-order valence-corrected chi connectivity index (χ1v) is 21.0. The molecule has 0 saturated heterocycles. The minimum absolute atomic E-state index is 0.00374. The van der Waals surface area contributed by atoms with Gasteiger partial charge in [-0.3, -0.25) is 4.90 Å². The molecule has 2 aromatic heterocycles. The Hall–Kier alpha value is -7.45. The van der Waals surface area contributed by atoms with Crippen molar-refractivity contribution in [2.45, 2.75) is 33.6 Å². The molecule has 0 bridgehead atoms. The lowest BCUT2D eigenvalue weighted by molar-refractivity contribution is -0.136. The van der Waals surface area contributed by atoms with Gasteiger partial charge in [0.1, 0.15) is 23.0 Å². The van der Waals surface area contributed by atoms with Gasteiger partial charge in [0.25, 0.3) is 0 Å². The van der Waals surface area contributed by atoms with Crippen LogP contribution in [0.2, 0.25) is 0 Å². The first kappa shape index (κ1) is 44.6. The molecule has 330 valence electrons. The van der Waals surface area contributed by atoms with Crippen LogP contribution >= 0.6 is 0 Å². The monoisotopic (exact) mass is 866 g/mol. The number of carboxylic acid groups (broad SMARTS) is 1. The molecule has 2 aliphatic heterocycles. The van der Waals surface area contributed by atoms with E-state index in [9.17, 15) is 19.5 Å². The van der Waals surface area contributed by atoms with Gasteiger partial charge in [0.05, 0.1) is 62.6 Å². The van der Waals surface area contributed by atoms with Gasteiger partial charge in [-0.05, 0) is 91.6 Å². The molecule has 0 radical (unpaired) electrons. The zero-order chi connectivity index (χ0) is 45.0. The maximum absolute atomic E-state index is 12.1. The van der Waals surface area contributed by atoms with Crippen LogP contribution in [-0.2, 0) is 31.9 Å². The summed E-state index contributed by atoms with van der Waals surface area (Å²) < 4.78 is 33.4. The van der Waals surface area contributed by atoms with Crippen molar-refractivity contribution in [1.29, 1.82) is 0 Å². The lowest BCUT2D eigenvalue weighted by atomic mass is 10.0. The van der Waals surface area contributed by atoms with Crippen molar-refractivity contribution in [1.82, 2.24) is 20.2 Å². The van der Waals surface area contributed by atoms with Crippen molar-refractivity contribution in [2.75, 3.05) is 53.1 Å². The summed E-state index contributed by atoms with van der Waals surface area (Å²) in [7, 11) is 1.40. The number of rotatable bonds is 15. The molecule has 1 amide bonds. The number of nitrogens with zero attached hydrogens (tertiary/aromatic N) is 3. The largest absolute Gasteiger partial charge is 0.493 e. The second-order valence-electron chi connectivity index (χ2n) is 14.9. The highest BCUT2D eigenvalue weighted by molar-refractivity contribution is 6.00. The molecular weight excluding hydrogens is 817 g/mol. The van der Waals surface area contributed by atoms with E-state index in [0.717, 1.165) is 50.9 Å². The number of aromatic nitrogens is 2. The summed E-state index contributed by atoms with van der Waals surface area (Å²) in [5.74, 6) is 2.76. The van der Waals surface area contributed by atoms with Crippen LogP contribution in [0.5, 0.6) is 11.5 Å². The van der Waals surface area contributed by atoms with Crippen molar-refractivity contribution in [3.05, 3.63) is 154 Å². The third-order valence-electron chi connectivity index (χ3n) is 10.7. The van der Waals surface area contributed by atoms with Gasteiger partial charge in [-0.1, -0.05) is 60.7 Å². The fraction of sp³-hybridized carbons (Fsp3) is 0.260. The van der Waals surface area contributed by atoms with Gasteiger partial charge in [0.15, 0.2) is 0 Å². The first-order valence-electron chi connectivity index (χ1n) is 21.0. The Morgan fingerprint density at radius 3 is 1.69 bits per heavy atom. The normalized spacial score (nSPS) is 13.4. The smallest absolute Gasteiger partial charge is 0.410 e.